The van der Waals surface area contributed by atoms with Crippen LogP contribution < -0.4 is 11.1 Å². The smallest absolute Gasteiger partial charge is 0.255 e. The Bertz CT molecular complexity index is 601. The lowest BCUT2D eigenvalue weighted by Gasteiger charge is -2.07. The molecule has 0 aliphatic rings. The van der Waals surface area contributed by atoms with E-state index in [-0.39, 0.29) is 5.69 Å². The molecule has 3 N–H and O–H groups in total. The first kappa shape index (κ1) is 13.0. The Morgan fingerprint density at radius 2 is 1.68 bits per heavy atom. The van der Waals surface area contributed by atoms with Gasteiger partial charge in [0.2, 0.25) is 0 Å². The summed E-state index contributed by atoms with van der Waals surface area (Å²) in [4.78, 5) is 11.9. The van der Waals surface area contributed by atoms with Gasteiger partial charge in [-0.2, -0.15) is 0 Å². The third kappa shape index (κ3) is 3.28. The van der Waals surface area contributed by atoms with Gasteiger partial charge in [0.05, 0.1) is 0 Å². The molecule has 0 saturated heterocycles. The van der Waals surface area contributed by atoms with Crippen molar-refractivity contribution in [3.05, 3.63) is 59.2 Å². The van der Waals surface area contributed by atoms with E-state index in [4.69, 9.17) is 5.73 Å². The first-order valence-electron chi connectivity index (χ1n) is 5.58. The summed E-state index contributed by atoms with van der Waals surface area (Å²) in [6.45, 7) is 1.80. The molecule has 98 valence electrons. The fourth-order valence-corrected chi connectivity index (χ4v) is 1.77. The van der Waals surface area contributed by atoms with E-state index in [0.29, 0.717) is 11.3 Å². The van der Waals surface area contributed by atoms with Crippen molar-refractivity contribution in [2.24, 2.45) is 0 Å². The maximum Gasteiger partial charge on any atom is 0.255 e. The Hall–Kier alpha value is -2.43. The van der Waals surface area contributed by atoms with E-state index in [1.54, 1.807) is 19.1 Å². The monoisotopic (exact) mass is 262 g/mol. The zero-order valence-corrected chi connectivity index (χ0v) is 10.2. The maximum absolute atomic E-state index is 13.0. The molecule has 0 atom stereocenters. The van der Waals surface area contributed by atoms with Crippen LogP contribution >= 0.6 is 0 Å². The highest BCUT2D eigenvalue weighted by Gasteiger charge is 2.09. The number of hydrogen-bond donors (Lipinski definition) is 2. The van der Waals surface area contributed by atoms with Gasteiger partial charge in [0.1, 0.15) is 11.6 Å². The van der Waals surface area contributed by atoms with Crippen molar-refractivity contribution in [3.8, 4) is 0 Å². The van der Waals surface area contributed by atoms with Gasteiger partial charge in [-0.3, -0.25) is 4.79 Å². The van der Waals surface area contributed by atoms with Crippen molar-refractivity contribution < 1.29 is 13.6 Å². The number of nitrogen functional groups attached to an aromatic ring is 1. The number of anilines is 2. The summed E-state index contributed by atoms with van der Waals surface area (Å²) in [6, 6.07) is 7.68. The molecule has 5 heteroatoms. The normalized spacial score (nSPS) is 10.3. The molecule has 0 bridgehead atoms. The van der Waals surface area contributed by atoms with Crippen molar-refractivity contribution in [3.63, 3.8) is 0 Å². The van der Waals surface area contributed by atoms with Crippen molar-refractivity contribution in [1.29, 1.82) is 0 Å². The lowest BCUT2D eigenvalue weighted by Crippen LogP contribution is -2.12. The van der Waals surface area contributed by atoms with Gasteiger partial charge >= 0.3 is 0 Å². The summed E-state index contributed by atoms with van der Waals surface area (Å²) >= 11 is 0. The van der Waals surface area contributed by atoms with Crippen LogP contribution in [0.1, 0.15) is 15.9 Å². The molecule has 2 aromatic carbocycles. The highest BCUT2D eigenvalue weighted by Crippen LogP contribution is 2.16. The minimum absolute atomic E-state index is 0.0579. The molecule has 2 aromatic rings. The first-order valence-corrected chi connectivity index (χ1v) is 5.58. The minimum Gasteiger partial charge on any atom is -0.399 e. The van der Waals surface area contributed by atoms with E-state index in [1.807, 2.05) is 0 Å². The molecule has 0 aliphatic heterocycles. The molecule has 0 aromatic heterocycles. The van der Waals surface area contributed by atoms with Gasteiger partial charge in [0.15, 0.2) is 0 Å². The minimum atomic E-state index is -0.751. The summed E-state index contributed by atoms with van der Waals surface area (Å²) in [7, 11) is 0. The molecule has 0 fully saturated rings. The largest absolute Gasteiger partial charge is 0.399 e. The Kier molecular flexibility index (Phi) is 3.46. The average Bonchev–Trinajstić information content (AvgIpc) is 2.25. The molecule has 0 radical (unpaired) electrons. The molecule has 3 nitrogen and oxygen atoms in total. The van der Waals surface area contributed by atoms with Crippen LogP contribution in [0.4, 0.5) is 20.2 Å². The maximum atomic E-state index is 13.0. The molecular formula is C14H12F2N2O. The van der Waals surface area contributed by atoms with Gasteiger partial charge in [0, 0.05) is 23.0 Å². The SMILES string of the molecule is Cc1cc(N)cc(C(=O)Nc2cc(F)cc(F)c2)c1. The van der Waals surface area contributed by atoms with Crippen molar-refractivity contribution in [2.45, 2.75) is 6.92 Å². The Morgan fingerprint density at radius 1 is 1.05 bits per heavy atom. The summed E-state index contributed by atoms with van der Waals surface area (Å²) in [5.41, 5.74) is 7.32. The molecule has 0 spiro atoms. The lowest BCUT2D eigenvalue weighted by atomic mass is 10.1. The van der Waals surface area contributed by atoms with Gasteiger partial charge in [0.25, 0.3) is 5.91 Å². The Balaban J connectivity index is 2.25. The van der Waals surface area contributed by atoms with Gasteiger partial charge in [-0.05, 0) is 42.8 Å². The van der Waals surface area contributed by atoms with Crippen molar-refractivity contribution in [1.82, 2.24) is 0 Å². The number of nitrogens with two attached hydrogens (primary N) is 1. The topological polar surface area (TPSA) is 55.1 Å². The Morgan fingerprint density at radius 3 is 2.26 bits per heavy atom. The third-order valence-corrected chi connectivity index (χ3v) is 2.48. The average molecular weight is 262 g/mol. The van der Waals surface area contributed by atoms with Crippen LogP contribution in [0.2, 0.25) is 0 Å². The van der Waals surface area contributed by atoms with Crippen LogP contribution in [0, 0.1) is 18.6 Å². The lowest BCUT2D eigenvalue weighted by molar-refractivity contribution is 0.102. The highest BCUT2D eigenvalue weighted by atomic mass is 19.1. The molecular weight excluding hydrogens is 250 g/mol. The number of carbonyl (C=O) groups excluding carboxylic acids is 1. The molecule has 0 aliphatic carbocycles. The highest BCUT2D eigenvalue weighted by molar-refractivity contribution is 6.04. The molecule has 2 rings (SSSR count). The quantitative estimate of drug-likeness (QED) is 0.817. The predicted octanol–water partition coefficient (Wildman–Crippen LogP) is 3.11. The predicted molar refractivity (Wildman–Crippen MR) is 69.9 cm³/mol. The van der Waals surface area contributed by atoms with E-state index in [9.17, 15) is 13.6 Å². The number of nitrogens with one attached hydrogen (secondary N) is 1. The molecule has 0 unspecified atom stereocenters. The van der Waals surface area contributed by atoms with Crippen LogP contribution in [0.3, 0.4) is 0 Å². The van der Waals surface area contributed by atoms with Crippen LogP contribution in [0.25, 0.3) is 0 Å². The molecule has 0 heterocycles. The summed E-state index contributed by atoms with van der Waals surface area (Å²) in [6.07, 6.45) is 0. The number of rotatable bonds is 2. The van der Waals surface area contributed by atoms with E-state index >= 15 is 0 Å². The van der Waals surface area contributed by atoms with Crippen LogP contribution in [0.5, 0.6) is 0 Å². The molecule has 1 amide bonds. The van der Waals surface area contributed by atoms with Gasteiger partial charge in [-0.25, -0.2) is 8.78 Å². The fraction of sp³-hybridized carbons (Fsp3) is 0.0714. The van der Waals surface area contributed by atoms with Crippen molar-refractivity contribution in [2.75, 3.05) is 11.1 Å². The van der Waals surface area contributed by atoms with Crippen molar-refractivity contribution >= 4 is 17.3 Å². The zero-order valence-electron chi connectivity index (χ0n) is 10.2. The van der Waals surface area contributed by atoms with Gasteiger partial charge in [-0.15, -0.1) is 0 Å². The zero-order chi connectivity index (χ0) is 14.0. The number of benzene rings is 2. The number of carbonyl (C=O) groups is 1. The second kappa shape index (κ2) is 5.06. The number of amides is 1. The van der Waals surface area contributed by atoms with E-state index < -0.39 is 17.5 Å². The molecule has 0 saturated carbocycles. The number of halogens is 2. The summed E-state index contributed by atoms with van der Waals surface area (Å²) in [5.74, 6) is -1.97. The van der Waals surface area contributed by atoms with Crippen LogP contribution in [-0.4, -0.2) is 5.91 Å². The summed E-state index contributed by atoms with van der Waals surface area (Å²) < 4.78 is 26.0. The van der Waals surface area contributed by atoms with Gasteiger partial charge in [-0.1, -0.05) is 0 Å². The standard InChI is InChI=1S/C14H12F2N2O/c1-8-2-9(4-12(17)3-8)14(19)18-13-6-10(15)5-11(16)7-13/h2-7H,17H2,1H3,(H,18,19). The van der Waals surface area contributed by atoms with E-state index in [1.165, 1.54) is 6.07 Å². The second-order valence-electron chi connectivity index (χ2n) is 4.24. The van der Waals surface area contributed by atoms with E-state index in [0.717, 1.165) is 23.8 Å². The number of aryl methyl sites for hydroxylation is 1. The summed E-state index contributed by atoms with van der Waals surface area (Å²) in [5, 5.41) is 2.42. The van der Waals surface area contributed by atoms with E-state index in [2.05, 4.69) is 5.32 Å². The van der Waals surface area contributed by atoms with Gasteiger partial charge < -0.3 is 11.1 Å². The first-order chi connectivity index (χ1) is 8.94. The molecule has 19 heavy (non-hydrogen) atoms. The second-order valence-corrected chi connectivity index (χ2v) is 4.24. The van der Waals surface area contributed by atoms with Crippen LogP contribution in [0.15, 0.2) is 36.4 Å². The Labute approximate surface area is 109 Å². The fourth-order valence-electron chi connectivity index (χ4n) is 1.77. The number of hydrogen-bond acceptors (Lipinski definition) is 2. The van der Waals surface area contributed by atoms with Crippen LogP contribution in [-0.2, 0) is 0 Å². The third-order valence-electron chi connectivity index (χ3n) is 2.48.